The number of benzene rings is 2. The average molecular weight is 420 g/mol. The third kappa shape index (κ3) is 3.84. The van der Waals surface area contributed by atoms with Crippen molar-refractivity contribution in [2.75, 3.05) is 5.32 Å². The predicted octanol–water partition coefficient (Wildman–Crippen LogP) is 5.14. The molecule has 3 N–H and O–H groups in total. The number of nitrogens with one attached hydrogen (secondary N) is 2. The molecule has 7 heteroatoms. The van der Waals surface area contributed by atoms with Crippen LogP contribution in [0.4, 0.5) is 5.69 Å². The van der Waals surface area contributed by atoms with E-state index in [1.165, 1.54) is 6.92 Å². The highest BCUT2D eigenvalue weighted by molar-refractivity contribution is 7.99. The molecule has 0 aliphatic carbocycles. The Kier molecular flexibility index (Phi) is 5.37. The Morgan fingerprint density at radius 3 is 2.50 bits per heavy atom. The predicted molar refractivity (Wildman–Crippen MR) is 119 cm³/mol. The van der Waals surface area contributed by atoms with Crippen molar-refractivity contribution < 1.29 is 14.7 Å². The van der Waals surface area contributed by atoms with E-state index in [1.807, 2.05) is 55.6 Å². The van der Waals surface area contributed by atoms with E-state index < -0.39 is 5.97 Å². The minimum atomic E-state index is -0.910. The number of nitrogens with zero attached hydrogens (tertiary/aromatic N) is 1. The van der Waals surface area contributed by atoms with E-state index in [2.05, 4.69) is 22.4 Å². The van der Waals surface area contributed by atoms with Crippen LogP contribution < -0.4 is 5.32 Å². The number of amides is 1. The van der Waals surface area contributed by atoms with Gasteiger partial charge in [-0.15, -0.1) is 0 Å². The number of carboxylic acids is 1. The summed E-state index contributed by atoms with van der Waals surface area (Å²) in [5.41, 5.74) is 4.45. The first-order valence-corrected chi connectivity index (χ1v) is 10.3. The lowest BCUT2D eigenvalue weighted by atomic mass is 10.2. The molecular formula is C23H21N3O3S. The third-order valence-corrected chi connectivity index (χ3v) is 6.09. The Morgan fingerprint density at radius 2 is 1.87 bits per heavy atom. The number of carbonyl (C=O) groups is 2. The van der Waals surface area contributed by atoms with Gasteiger partial charge in [-0.05, 0) is 48.9 Å². The van der Waals surface area contributed by atoms with Gasteiger partial charge in [-0.2, -0.15) is 0 Å². The van der Waals surface area contributed by atoms with Crippen LogP contribution in [0.1, 0.15) is 12.6 Å². The summed E-state index contributed by atoms with van der Waals surface area (Å²) in [6.07, 6.45) is 1.89. The molecule has 0 saturated carbocycles. The molecule has 0 bridgehead atoms. The molecule has 30 heavy (non-hydrogen) atoms. The summed E-state index contributed by atoms with van der Waals surface area (Å²) in [6, 6.07) is 17.7. The van der Waals surface area contributed by atoms with E-state index in [9.17, 15) is 14.7 Å². The maximum Gasteiger partial charge on any atom is 0.323 e. The van der Waals surface area contributed by atoms with Crippen LogP contribution in [0.25, 0.3) is 22.2 Å². The maximum atomic E-state index is 11.7. The average Bonchev–Trinajstić information content (AvgIpc) is 3.32. The molecule has 2 heterocycles. The molecule has 0 aliphatic heterocycles. The zero-order valence-corrected chi connectivity index (χ0v) is 17.4. The molecule has 1 amide bonds. The number of carboxylic acid groups (broad SMARTS) is 1. The third-order valence-electron chi connectivity index (χ3n) is 4.88. The van der Waals surface area contributed by atoms with E-state index in [0.29, 0.717) is 5.69 Å². The summed E-state index contributed by atoms with van der Waals surface area (Å²) < 4.78 is 1.78. The molecule has 0 spiro atoms. The van der Waals surface area contributed by atoms with E-state index in [1.54, 1.807) is 16.3 Å². The van der Waals surface area contributed by atoms with E-state index in [0.717, 1.165) is 37.6 Å². The molecule has 4 rings (SSSR count). The van der Waals surface area contributed by atoms with Crippen molar-refractivity contribution in [3.63, 3.8) is 0 Å². The minimum Gasteiger partial charge on any atom is -0.480 e. The van der Waals surface area contributed by atoms with Crippen molar-refractivity contribution in [3.8, 4) is 11.3 Å². The lowest BCUT2D eigenvalue weighted by molar-refractivity contribution is -0.137. The Morgan fingerprint density at radius 1 is 1.10 bits per heavy atom. The molecule has 2 aromatic heterocycles. The number of aromatic amines is 1. The number of hydrogen-bond acceptors (Lipinski definition) is 3. The Labute approximate surface area is 177 Å². The number of carbonyl (C=O) groups excluding carboxylic acids is 1. The van der Waals surface area contributed by atoms with Gasteiger partial charge < -0.3 is 20.0 Å². The monoisotopic (exact) mass is 419 g/mol. The topological polar surface area (TPSA) is 87.1 Å². The second-order valence-corrected chi connectivity index (χ2v) is 8.07. The van der Waals surface area contributed by atoms with Gasteiger partial charge in [-0.1, -0.05) is 30.0 Å². The van der Waals surface area contributed by atoms with Crippen molar-refractivity contribution in [2.45, 2.75) is 30.2 Å². The fraction of sp³-hybridized carbons (Fsp3) is 0.130. The lowest BCUT2D eigenvalue weighted by Crippen LogP contribution is -2.10. The van der Waals surface area contributed by atoms with Gasteiger partial charge in [0.2, 0.25) is 5.91 Å². The van der Waals surface area contributed by atoms with Gasteiger partial charge in [-0.3, -0.25) is 9.59 Å². The molecule has 2 aromatic carbocycles. The highest BCUT2D eigenvalue weighted by Gasteiger charge is 2.20. The summed E-state index contributed by atoms with van der Waals surface area (Å²) >= 11 is 1.56. The first-order valence-electron chi connectivity index (χ1n) is 9.47. The van der Waals surface area contributed by atoms with Gasteiger partial charge >= 0.3 is 5.97 Å². The highest BCUT2D eigenvalue weighted by atomic mass is 32.2. The summed E-state index contributed by atoms with van der Waals surface area (Å²) in [7, 11) is 0. The van der Waals surface area contributed by atoms with Gasteiger partial charge in [0.15, 0.2) is 0 Å². The van der Waals surface area contributed by atoms with Crippen molar-refractivity contribution in [1.29, 1.82) is 0 Å². The van der Waals surface area contributed by atoms with Gasteiger partial charge in [0.25, 0.3) is 0 Å². The Balaban J connectivity index is 1.79. The fourth-order valence-corrected chi connectivity index (χ4v) is 4.66. The zero-order valence-electron chi connectivity index (χ0n) is 16.6. The SMILES string of the molecule is CC(=O)Nc1cccc2c1c(Sc1ccc(-c3ccc[nH]3)cc1)c(C)n2CC(=O)O. The number of fused-ring (bicyclic) bond motifs is 1. The van der Waals surface area contributed by atoms with Crippen molar-refractivity contribution in [1.82, 2.24) is 9.55 Å². The van der Waals surface area contributed by atoms with Crippen molar-refractivity contribution >= 4 is 40.2 Å². The lowest BCUT2D eigenvalue weighted by Gasteiger charge is -2.08. The van der Waals surface area contributed by atoms with Gasteiger partial charge in [-0.25, -0.2) is 0 Å². The molecule has 0 fully saturated rings. The summed E-state index contributed by atoms with van der Waals surface area (Å²) in [4.78, 5) is 28.3. The smallest absolute Gasteiger partial charge is 0.323 e. The summed E-state index contributed by atoms with van der Waals surface area (Å²) in [5, 5.41) is 13.1. The summed E-state index contributed by atoms with van der Waals surface area (Å²) in [6.45, 7) is 3.24. The quantitative estimate of drug-likeness (QED) is 0.404. The second-order valence-electron chi connectivity index (χ2n) is 6.99. The largest absolute Gasteiger partial charge is 0.480 e. The van der Waals surface area contributed by atoms with E-state index in [4.69, 9.17) is 0 Å². The van der Waals surface area contributed by atoms with Crippen LogP contribution in [-0.2, 0) is 16.1 Å². The standard InChI is InChI=1S/C23H21N3O3S/c1-14-23(30-17-10-8-16(9-11-17)18-6-4-12-24-18)22-19(25-15(2)27)5-3-7-20(22)26(14)13-21(28)29/h3-12,24H,13H2,1-2H3,(H,25,27)(H,28,29). The highest BCUT2D eigenvalue weighted by Crippen LogP contribution is 2.42. The normalized spacial score (nSPS) is 11.0. The van der Waals surface area contributed by atoms with Crippen LogP contribution in [0, 0.1) is 6.92 Å². The molecular weight excluding hydrogens is 398 g/mol. The fourth-order valence-electron chi connectivity index (χ4n) is 3.58. The number of aliphatic carboxylic acids is 1. The number of hydrogen-bond donors (Lipinski definition) is 3. The number of aromatic nitrogens is 2. The van der Waals surface area contributed by atoms with E-state index >= 15 is 0 Å². The van der Waals surface area contributed by atoms with Gasteiger partial charge in [0, 0.05) is 39.7 Å². The molecule has 0 saturated heterocycles. The van der Waals surface area contributed by atoms with Gasteiger partial charge in [0.05, 0.1) is 11.2 Å². The molecule has 0 atom stereocenters. The molecule has 0 aliphatic rings. The molecule has 4 aromatic rings. The van der Waals surface area contributed by atoms with Crippen molar-refractivity contribution in [3.05, 3.63) is 66.5 Å². The zero-order chi connectivity index (χ0) is 21.3. The molecule has 6 nitrogen and oxygen atoms in total. The molecule has 0 unspecified atom stereocenters. The minimum absolute atomic E-state index is 0.141. The number of rotatable bonds is 6. The number of H-pyrrole nitrogens is 1. The maximum absolute atomic E-state index is 11.7. The first kappa shape index (κ1) is 19.8. The van der Waals surface area contributed by atoms with Gasteiger partial charge in [0.1, 0.15) is 6.54 Å². The Hall–Kier alpha value is -3.45. The Bertz CT molecular complexity index is 1230. The van der Waals surface area contributed by atoms with Crippen LogP contribution in [0.5, 0.6) is 0 Å². The van der Waals surface area contributed by atoms with Crippen LogP contribution in [0.15, 0.2) is 70.6 Å². The van der Waals surface area contributed by atoms with E-state index in [-0.39, 0.29) is 12.5 Å². The molecule has 0 radical (unpaired) electrons. The van der Waals surface area contributed by atoms with Crippen LogP contribution in [0.3, 0.4) is 0 Å². The second kappa shape index (κ2) is 8.12. The summed E-state index contributed by atoms with van der Waals surface area (Å²) in [5.74, 6) is -1.08. The van der Waals surface area contributed by atoms with Crippen LogP contribution in [0.2, 0.25) is 0 Å². The molecule has 152 valence electrons. The van der Waals surface area contributed by atoms with Crippen LogP contribution >= 0.6 is 11.8 Å². The van der Waals surface area contributed by atoms with Crippen LogP contribution in [-0.4, -0.2) is 26.5 Å². The first-order chi connectivity index (χ1) is 14.4. The number of anilines is 1. The van der Waals surface area contributed by atoms with Crippen molar-refractivity contribution in [2.24, 2.45) is 0 Å².